The van der Waals surface area contributed by atoms with Crippen molar-refractivity contribution in [1.29, 1.82) is 0 Å². The molecule has 0 unspecified atom stereocenters. The number of carbonyl (C=O) groups is 1. The lowest BCUT2D eigenvalue weighted by atomic mass is 9.91. The molecule has 1 saturated heterocycles. The summed E-state index contributed by atoms with van der Waals surface area (Å²) in [6.07, 6.45) is 5.30. The molecule has 1 aromatic carbocycles. The molecule has 172 valence electrons. The summed E-state index contributed by atoms with van der Waals surface area (Å²) >= 11 is 1.89. The maximum Gasteiger partial charge on any atom is 0.219 e. The second-order valence-corrected chi connectivity index (χ2v) is 10.0. The van der Waals surface area contributed by atoms with Crippen LogP contribution in [-0.4, -0.2) is 47.0 Å². The van der Waals surface area contributed by atoms with Crippen molar-refractivity contribution in [3.63, 3.8) is 0 Å². The highest BCUT2D eigenvalue weighted by molar-refractivity contribution is 7.12. The highest BCUT2D eigenvalue weighted by Crippen LogP contribution is 2.33. The number of rotatable bonds is 4. The Morgan fingerprint density at radius 1 is 1.25 bits per heavy atom. The third-order valence-corrected chi connectivity index (χ3v) is 7.93. The molecule has 0 bridgehead atoms. The molecular formula is C24H29ClFN3O2S. The molecule has 2 aromatic heterocycles. The fourth-order valence-electron chi connectivity index (χ4n) is 4.90. The van der Waals surface area contributed by atoms with Crippen molar-refractivity contribution in [1.82, 2.24) is 15.0 Å². The van der Waals surface area contributed by atoms with Crippen LogP contribution in [0.25, 0.3) is 11.0 Å². The molecule has 1 fully saturated rings. The summed E-state index contributed by atoms with van der Waals surface area (Å²) in [6.45, 7) is 6.47. The van der Waals surface area contributed by atoms with E-state index in [1.807, 2.05) is 16.2 Å². The monoisotopic (exact) mass is 477 g/mol. The molecule has 0 spiro atoms. The topological polar surface area (TPSA) is 49.6 Å². The number of likely N-dealkylation sites (tertiary alicyclic amines) is 1. The van der Waals surface area contributed by atoms with Gasteiger partial charge in [-0.2, -0.15) is 0 Å². The van der Waals surface area contributed by atoms with Gasteiger partial charge in [0.2, 0.25) is 5.91 Å². The second kappa shape index (κ2) is 9.89. The standard InChI is InChI=1S/C24H28FN3O2S.ClH/c1-16(29)28-9-2-3-18-13-20(31-23(18)15-28)8-12-27-10-6-17(7-11-27)24-21-5-4-19(25)14-22(21)30-26-24;/h4-5,13-14,17H,2-3,6-12,15H2,1H3;1H. The van der Waals surface area contributed by atoms with Crippen LogP contribution in [0.15, 0.2) is 28.8 Å². The molecule has 0 radical (unpaired) electrons. The summed E-state index contributed by atoms with van der Waals surface area (Å²) in [5.41, 5.74) is 2.96. The van der Waals surface area contributed by atoms with E-state index in [0.29, 0.717) is 11.5 Å². The van der Waals surface area contributed by atoms with E-state index in [2.05, 4.69) is 16.1 Å². The second-order valence-electron chi connectivity index (χ2n) is 8.78. The Morgan fingerprint density at radius 2 is 2.06 bits per heavy atom. The smallest absolute Gasteiger partial charge is 0.219 e. The number of amides is 1. The van der Waals surface area contributed by atoms with Gasteiger partial charge in [-0.15, -0.1) is 23.7 Å². The van der Waals surface area contributed by atoms with Gasteiger partial charge in [-0.25, -0.2) is 4.39 Å². The molecule has 2 aliphatic heterocycles. The van der Waals surface area contributed by atoms with Crippen molar-refractivity contribution < 1.29 is 13.7 Å². The van der Waals surface area contributed by atoms with Gasteiger partial charge in [-0.05, 0) is 69.0 Å². The van der Waals surface area contributed by atoms with Crippen molar-refractivity contribution in [3.8, 4) is 0 Å². The molecule has 8 heteroatoms. The number of aryl methyl sites for hydroxylation is 1. The van der Waals surface area contributed by atoms with Crippen LogP contribution in [0.1, 0.15) is 53.1 Å². The van der Waals surface area contributed by atoms with Gasteiger partial charge in [-0.3, -0.25) is 4.79 Å². The number of hydrogen-bond acceptors (Lipinski definition) is 5. The Balaban J connectivity index is 0.00000245. The van der Waals surface area contributed by atoms with E-state index in [-0.39, 0.29) is 24.1 Å². The van der Waals surface area contributed by atoms with E-state index < -0.39 is 0 Å². The summed E-state index contributed by atoms with van der Waals surface area (Å²) in [5.74, 6) is 0.263. The van der Waals surface area contributed by atoms with Gasteiger partial charge in [0.05, 0.1) is 12.2 Å². The molecule has 0 saturated carbocycles. The lowest BCUT2D eigenvalue weighted by Crippen LogP contribution is -2.34. The Hall–Kier alpha value is -1.96. The Labute approximate surface area is 198 Å². The van der Waals surface area contributed by atoms with Crippen LogP contribution in [0.2, 0.25) is 0 Å². The van der Waals surface area contributed by atoms with Crippen LogP contribution >= 0.6 is 23.7 Å². The number of hydrogen-bond donors (Lipinski definition) is 0. The lowest BCUT2D eigenvalue weighted by molar-refractivity contribution is -0.129. The zero-order valence-electron chi connectivity index (χ0n) is 18.3. The quantitative estimate of drug-likeness (QED) is 0.520. The minimum absolute atomic E-state index is 0. The van der Waals surface area contributed by atoms with E-state index in [4.69, 9.17) is 4.52 Å². The largest absolute Gasteiger partial charge is 0.356 e. The molecule has 1 amide bonds. The number of benzene rings is 1. The van der Waals surface area contributed by atoms with Crippen molar-refractivity contribution in [2.75, 3.05) is 26.2 Å². The van der Waals surface area contributed by atoms with E-state index >= 15 is 0 Å². The third kappa shape index (κ3) is 4.85. The number of thiophene rings is 1. The predicted octanol–water partition coefficient (Wildman–Crippen LogP) is 5.17. The molecule has 2 aliphatic rings. The van der Waals surface area contributed by atoms with E-state index in [9.17, 15) is 9.18 Å². The first-order chi connectivity index (χ1) is 15.1. The Bertz CT molecular complexity index is 1090. The maximum absolute atomic E-state index is 13.4. The van der Waals surface area contributed by atoms with Crippen LogP contribution < -0.4 is 0 Å². The van der Waals surface area contributed by atoms with Crippen molar-refractivity contribution >= 4 is 40.6 Å². The first-order valence-corrected chi connectivity index (χ1v) is 12.0. The molecule has 0 N–H and O–H groups in total. The van der Waals surface area contributed by atoms with Gasteiger partial charge in [0.15, 0.2) is 5.58 Å². The lowest BCUT2D eigenvalue weighted by Gasteiger charge is -2.31. The van der Waals surface area contributed by atoms with Crippen LogP contribution in [0.4, 0.5) is 4.39 Å². The Morgan fingerprint density at radius 3 is 2.84 bits per heavy atom. The molecular weight excluding hydrogens is 449 g/mol. The Kier molecular flexibility index (Phi) is 7.17. The number of fused-ring (bicyclic) bond motifs is 2. The number of piperidine rings is 1. The predicted molar refractivity (Wildman–Crippen MR) is 127 cm³/mol. The highest BCUT2D eigenvalue weighted by Gasteiger charge is 2.25. The molecule has 0 atom stereocenters. The van der Waals surface area contributed by atoms with Crippen molar-refractivity contribution in [2.45, 2.75) is 51.5 Å². The minimum Gasteiger partial charge on any atom is -0.356 e. The van der Waals surface area contributed by atoms with Gasteiger partial charge >= 0.3 is 0 Å². The average Bonchev–Trinajstić information content (AvgIpc) is 3.29. The van der Waals surface area contributed by atoms with E-state index in [0.717, 1.165) is 75.9 Å². The molecule has 5 rings (SSSR count). The van der Waals surface area contributed by atoms with Crippen LogP contribution in [0.3, 0.4) is 0 Å². The van der Waals surface area contributed by atoms with Crippen LogP contribution in [0.5, 0.6) is 0 Å². The van der Waals surface area contributed by atoms with Gasteiger partial charge in [0.25, 0.3) is 0 Å². The fraction of sp³-hybridized carbons (Fsp3) is 0.500. The third-order valence-electron chi connectivity index (χ3n) is 6.71. The summed E-state index contributed by atoms with van der Waals surface area (Å²) in [7, 11) is 0. The average molecular weight is 478 g/mol. The zero-order valence-corrected chi connectivity index (χ0v) is 19.9. The SMILES string of the molecule is CC(=O)N1CCCc2cc(CCN3CCC(c4noc5cc(F)ccc45)CC3)sc2C1.Cl. The van der Waals surface area contributed by atoms with Gasteiger partial charge in [0.1, 0.15) is 5.82 Å². The summed E-state index contributed by atoms with van der Waals surface area (Å²) in [5, 5.41) is 5.20. The van der Waals surface area contributed by atoms with Gasteiger partial charge < -0.3 is 14.3 Å². The normalized spacial score (nSPS) is 17.8. The van der Waals surface area contributed by atoms with E-state index in [1.54, 1.807) is 13.0 Å². The molecule has 3 aromatic rings. The fourth-order valence-corrected chi connectivity index (χ4v) is 6.13. The van der Waals surface area contributed by atoms with Crippen LogP contribution in [-0.2, 0) is 24.2 Å². The highest BCUT2D eigenvalue weighted by atomic mass is 35.5. The molecule has 4 heterocycles. The number of nitrogens with zero attached hydrogens (tertiary/aromatic N) is 3. The zero-order chi connectivity index (χ0) is 21.4. The summed E-state index contributed by atoms with van der Waals surface area (Å²) in [4.78, 5) is 19.1. The summed E-state index contributed by atoms with van der Waals surface area (Å²) in [6, 6.07) is 7.06. The maximum atomic E-state index is 13.4. The van der Waals surface area contributed by atoms with Crippen molar-refractivity contribution in [3.05, 3.63) is 51.1 Å². The molecule has 5 nitrogen and oxygen atoms in total. The first-order valence-electron chi connectivity index (χ1n) is 11.2. The number of aromatic nitrogens is 1. The summed E-state index contributed by atoms with van der Waals surface area (Å²) < 4.78 is 18.8. The van der Waals surface area contributed by atoms with Gasteiger partial charge in [-0.1, -0.05) is 5.16 Å². The van der Waals surface area contributed by atoms with E-state index in [1.165, 1.54) is 27.5 Å². The minimum atomic E-state index is -0.287. The molecule has 0 aliphatic carbocycles. The van der Waals surface area contributed by atoms with Crippen molar-refractivity contribution in [2.24, 2.45) is 0 Å². The molecule has 32 heavy (non-hydrogen) atoms. The van der Waals surface area contributed by atoms with Crippen LogP contribution in [0, 0.1) is 5.82 Å². The number of halogens is 2. The van der Waals surface area contributed by atoms with Gasteiger partial charge in [0, 0.05) is 47.1 Å². The first kappa shape index (κ1) is 23.2. The number of carbonyl (C=O) groups excluding carboxylic acids is 1.